The summed E-state index contributed by atoms with van der Waals surface area (Å²) < 4.78 is 2.20. The normalized spacial score (nSPS) is 12.4. The lowest BCUT2D eigenvalue weighted by Gasteiger charge is -2.11. The summed E-state index contributed by atoms with van der Waals surface area (Å²) in [5.41, 5.74) is 7.50. The van der Waals surface area contributed by atoms with Gasteiger partial charge in [0.05, 0.1) is 17.4 Å². The summed E-state index contributed by atoms with van der Waals surface area (Å²) in [7, 11) is 0. The van der Waals surface area contributed by atoms with E-state index < -0.39 is 0 Å². The standard InChI is InChI=1S/C25H26N2/c1-3-6-19(2)21-13-15-23(16-14-21)22-11-9-20(10-12-22)17-27-18-26-24-7-4-5-8-25(24)27/h4-5,7-16,18-19H,3,6,17H2,1-2H3. The van der Waals surface area contributed by atoms with Crippen molar-refractivity contribution in [2.75, 3.05) is 0 Å². The summed E-state index contributed by atoms with van der Waals surface area (Å²) >= 11 is 0. The molecule has 0 saturated carbocycles. The molecule has 0 N–H and O–H groups in total. The molecule has 1 heterocycles. The molecule has 0 aliphatic carbocycles. The van der Waals surface area contributed by atoms with Crippen molar-refractivity contribution in [3.8, 4) is 11.1 Å². The molecule has 0 spiro atoms. The molecule has 0 aliphatic rings. The largest absolute Gasteiger partial charge is 0.326 e. The van der Waals surface area contributed by atoms with Gasteiger partial charge >= 0.3 is 0 Å². The summed E-state index contributed by atoms with van der Waals surface area (Å²) in [6.45, 7) is 5.40. The number of para-hydroxylation sites is 2. The minimum atomic E-state index is 0.636. The average molecular weight is 354 g/mol. The Labute approximate surface area is 161 Å². The van der Waals surface area contributed by atoms with E-state index in [1.54, 1.807) is 0 Å². The summed E-state index contributed by atoms with van der Waals surface area (Å²) in [5.74, 6) is 0.636. The van der Waals surface area contributed by atoms with Gasteiger partial charge in [-0.05, 0) is 46.7 Å². The molecule has 1 aromatic heterocycles. The quantitative estimate of drug-likeness (QED) is 0.379. The van der Waals surface area contributed by atoms with Crippen LogP contribution in [0, 0.1) is 0 Å². The first-order chi connectivity index (χ1) is 13.2. The van der Waals surface area contributed by atoms with E-state index in [2.05, 4.69) is 90.1 Å². The molecule has 3 aromatic carbocycles. The van der Waals surface area contributed by atoms with Crippen LogP contribution < -0.4 is 0 Å². The predicted octanol–water partition coefficient (Wildman–Crippen LogP) is 6.66. The van der Waals surface area contributed by atoms with Gasteiger partial charge in [-0.2, -0.15) is 0 Å². The zero-order valence-corrected chi connectivity index (χ0v) is 16.1. The minimum absolute atomic E-state index is 0.636. The van der Waals surface area contributed by atoms with Crippen molar-refractivity contribution in [1.29, 1.82) is 0 Å². The van der Waals surface area contributed by atoms with Crippen molar-refractivity contribution >= 4 is 11.0 Å². The van der Waals surface area contributed by atoms with Gasteiger partial charge in [-0.15, -0.1) is 0 Å². The fourth-order valence-corrected chi connectivity index (χ4v) is 3.74. The van der Waals surface area contributed by atoms with Gasteiger partial charge in [0.2, 0.25) is 0 Å². The molecule has 1 unspecified atom stereocenters. The van der Waals surface area contributed by atoms with E-state index in [-0.39, 0.29) is 0 Å². The first-order valence-corrected chi connectivity index (χ1v) is 9.83. The number of fused-ring (bicyclic) bond motifs is 1. The van der Waals surface area contributed by atoms with E-state index in [0.717, 1.165) is 12.1 Å². The maximum Gasteiger partial charge on any atom is 0.0961 e. The van der Waals surface area contributed by atoms with Crippen LogP contribution in [0.15, 0.2) is 79.1 Å². The molecule has 2 nitrogen and oxygen atoms in total. The SMILES string of the molecule is CCCC(C)c1ccc(-c2ccc(Cn3cnc4ccccc43)cc2)cc1. The van der Waals surface area contributed by atoms with Crippen molar-refractivity contribution in [3.63, 3.8) is 0 Å². The summed E-state index contributed by atoms with van der Waals surface area (Å²) in [4.78, 5) is 4.48. The van der Waals surface area contributed by atoms with Crippen molar-refractivity contribution in [2.24, 2.45) is 0 Å². The highest BCUT2D eigenvalue weighted by Crippen LogP contribution is 2.25. The molecule has 4 aromatic rings. The molecule has 0 bridgehead atoms. The molecule has 27 heavy (non-hydrogen) atoms. The van der Waals surface area contributed by atoms with Gasteiger partial charge in [0, 0.05) is 6.54 Å². The summed E-state index contributed by atoms with van der Waals surface area (Å²) in [5, 5.41) is 0. The van der Waals surface area contributed by atoms with Crippen molar-refractivity contribution in [3.05, 3.63) is 90.3 Å². The first kappa shape index (κ1) is 17.5. The van der Waals surface area contributed by atoms with E-state index in [1.807, 2.05) is 12.4 Å². The molecule has 136 valence electrons. The number of rotatable bonds is 6. The zero-order chi connectivity index (χ0) is 18.6. The summed E-state index contributed by atoms with van der Waals surface area (Å²) in [6, 6.07) is 26.2. The van der Waals surface area contributed by atoms with E-state index in [9.17, 15) is 0 Å². The topological polar surface area (TPSA) is 17.8 Å². The number of aromatic nitrogens is 2. The predicted molar refractivity (Wildman–Crippen MR) is 114 cm³/mol. The van der Waals surface area contributed by atoms with Gasteiger partial charge in [-0.25, -0.2) is 4.98 Å². The van der Waals surface area contributed by atoms with E-state index in [4.69, 9.17) is 0 Å². The molecule has 4 rings (SSSR count). The molecule has 2 heteroatoms. The lowest BCUT2D eigenvalue weighted by molar-refractivity contribution is 0.665. The number of benzene rings is 3. The van der Waals surface area contributed by atoms with Crippen molar-refractivity contribution < 1.29 is 0 Å². The molecule has 0 amide bonds. The van der Waals surface area contributed by atoms with E-state index >= 15 is 0 Å². The first-order valence-electron chi connectivity index (χ1n) is 9.83. The lowest BCUT2D eigenvalue weighted by atomic mass is 9.94. The molecule has 0 aliphatic heterocycles. The number of hydrogen-bond donors (Lipinski definition) is 0. The van der Waals surface area contributed by atoms with Gasteiger partial charge in [-0.3, -0.25) is 0 Å². The van der Waals surface area contributed by atoms with Crippen molar-refractivity contribution in [1.82, 2.24) is 9.55 Å². The highest BCUT2D eigenvalue weighted by molar-refractivity contribution is 5.75. The minimum Gasteiger partial charge on any atom is -0.326 e. The Morgan fingerprint density at radius 3 is 2.22 bits per heavy atom. The van der Waals surface area contributed by atoms with Crippen LogP contribution in [0.3, 0.4) is 0 Å². The van der Waals surface area contributed by atoms with Gasteiger partial charge in [0.25, 0.3) is 0 Å². The van der Waals surface area contributed by atoms with E-state index in [1.165, 1.54) is 40.6 Å². The number of nitrogens with zero attached hydrogens (tertiary/aromatic N) is 2. The van der Waals surface area contributed by atoms with Crippen LogP contribution in [0.2, 0.25) is 0 Å². The highest BCUT2D eigenvalue weighted by Gasteiger charge is 2.06. The van der Waals surface area contributed by atoms with Crippen LogP contribution in [0.1, 0.15) is 43.7 Å². The fourth-order valence-electron chi connectivity index (χ4n) is 3.74. The van der Waals surface area contributed by atoms with Crippen LogP contribution in [-0.2, 0) is 6.54 Å². The highest BCUT2D eigenvalue weighted by atomic mass is 15.0. The second-order valence-electron chi connectivity index (χ2n) is 7.37. The fraction of sp³-hybridized carbons (Fsp3) is 0.240. The van der Waals surface area contributed by atoms with Crippen LogP contribution in [-0.4, -0.2) is 9.55 Å². The molecular weight excluding hydrogens is 328 g/mol. The number of imidazole rings is 1. The Morgan fingerprint density at radius 2 is 1.52 bits per heavy atom. The molecule has 0 radical (unpaired) electrons. The maximum absolute atomic E-state index is 4.48. The summed E-state index contributed by atoms with van der Waals surface area (Å²) in [6.07, 6.45) is 4.41. The van der Waals surface area contributed by atoms with Crippen molar-refractivity contribution in [2.45, 2.75) is 39.2 Å². The third-order valence-corrected chi connectivity index (χ3v) is 5.37. The monoisotopic (exact) mass is 354 g/mol. The molecule has 1 atom stereocenters. The Hall–Kier alpha value is -2.87. The van der Waals surface area contributed by atoms with Crippen LogP contribution in [0.5, 0.6) is 0 Å². The number of hydrogen-bond acceptors (Lipinski definition) is 1. The van der Waals surface area contributed by atoms with Gasteiger partial charge in [0.1, 0.15) is 0 Å². The molecular formula is C25H26N2. The van der Waals surface area contributed by atoms with Gasteiger partial charge < -0.3 is 4.57 Å². The second kappa shape index (κ2) is 7.79. The third-order valence-electron chi connectivity index (χ3n) is 5.37. The maximum atomic E-state index is 4.48. The molecule has 0 saturated heterocycles. The van der Waals surface area contributed by atoms with Gasteiger partial charge in [0.15, 0.2) is 0 Å². The van der Waals surface area contributed by atoms with Gasteiger partial charge in [-0.1, -0.05) is 80.9 Å². The van der Waals surface area contributed by atoms with Crippen LogP contribution in [0.4, 0.5) is 0 Å². The van der Waals surface area contributed by atoms with E-state index in [0.29, 0.717) is 5.92 Å². The van der Waals surface area contributed by atoms with Crippen LogP contribution >= 0.6 is 0 Å². The van der Waals surface area contributed by atoms with Crippen LogP contribution in [0.25, 0.3) is 22.2 Å². The average Bonchev–Trinajstić information content (AvgIpc) is 3.12. The smallest absolute Gasteiger partial charge is 0.0961 e. The Kier molecular flexibility index (Phi) is 5.06. The third kappa shape index (κ3) is 3.80. The molecule has 0 fully saturated rings. The zero-order valence-electron chi connectivity index (χ0n) is 16.1. The Bertz CT molecular complexity index is 1010. The Balaban J connectivity index is 1.50. The second-order valence-corrected chi connectivity index (χ2v) is 7.37. The Morgan fingerprint density at radius 1 is 0.852 bits per heavy atom. The lowest BCUT2D eigenvalue weighted by Crippen LogP contribution is -1.97.